The zero-order valence-corrected chi connectivity index (χ0v) is 19.0. The van der Waals surface area contributed by atoms with Crippen molar-refractivity contribution in [2.45, 2.75) is 38.0 Å². The van der Waals surface area contributed by atoms with Crippen molar-refractivity contribution in [2.24, 2.45) is 5.92 Å². The Morgan fingerprint density at radius 2 is 2.03 bits per heavy atom. The summed E-state index contributed by atoms with van der Waals surface area (Å²) in [6, 6.07) is 10.5. The van der Waals surface area contributed by atoms with E-state index in [1.54, 1.807) is 6.07 Å². The quantitative estimate of drug-likeness (QED) is 0.545. The zero-order valence-electron chi connectivity index (χ0n) is 19.0. The third-order valence-corrected chi connectivity index (χ3v) is 6.29. The number of hydrogen-bond acceptors (Lipinski definition) is 7. The van der Waals surface area contributed by atoms with Gasteiger partial charge in [-0.25, -0.2) is 9.97 Å². The molecular weight excluding hydrogens is 404 g/mol. The van der Waals surface area contributed by atoms with E-state index >= 15 is 0 Å². The Morgan fingerprint density at radius 1 is 1.25 bits per heavy atom. The van der Waals surface area contributed by atoms with Crippen LogP contribution in [-0.4, -0.2) is 83.2 Å². The van der Waals surface area contributed by atoms with Gasteiger partial charge in [-0.15, -0.1) is 0 Å². The van der Waals surface area contributed by atoms with Gasteiger partial charge in [0.2, 0.25) is 0 Å². The fraction of sp³-hybridized carbons (Fsp3) is 0.542. The first-order chi connectivity index (χ1) is 15.5. The number of aliphatic hydroxyl groups excluding tert-OH is 1. The number of anilines is 1. The van der Waals surface area contributed by atoms with Crippen molar-refractivity contribution in [3.05, 3.63) is 53.5 Å². The summed E-state index contributed by atoms with van der Waals surface area (Å²) < 4.78 is 0. The number of nitrogens with one attached hydrogen (secondary N) is 2. The van der Waals surface area contributed by atoms with Gasteiger partial charge in [0.05, 0.1) is 6.10 Å². The zero-order chi connectivity index (χ0) is 22.5. The molecule has 1 atom stereocenters. The normalized spacial score (nSPS) is 21.5. The molecule has 172 valence electrons. The van der Waals surface area contributed by atoms with Crippen molar-refractivity contribution < 1.29 is 9.90 Å². The maximum atomic E-state index is 12.5. The van der Waals surface area contributed by atoms with Crippen molar-refractivity contribution >= 4 is 11.7 Å². The Bertz CT molecular complexity index is 915. The number of aliphatic hydroxyl groups is 1. The molecule has 2 heterocycles. The molecule has 1 aromatic heterocycles. The maximum Gasteiger partial charge on any atom is 0.270 e. The van der Waals surface area contributed by atoms with Crippen LogP contribution in [0.15, 0.2) is 36.7 Å². The Morgan fingerprint density at radius 3 is 2.81 bits per heavy atom. The molecule has 1 saturated carbocycles. The molecule has 8 heteroatoms. The lowest BCUT2D eigenvalue weighted by Crippen LogP contribution is -2.42. The topological polar surface area (TPSA) is 93.6 Å². The van der Waals surface area contributed by atoms with Gasteiger partial charge in [0.15, 0.2) is 0 Å². The highest BCUT2D eigenvalue weighted by Crippen LogP contribution is 2.30. The number of β-amino-alcohol motifs (C(OH)–C–C–N with tert-alkyl or cyclic N) is 1. The number of aromatic nitrogens is 2. The van der Waals surface area contributed by atoms with Crippen molar-refractivity contribution in [2.75, 3.05) is 45.6 Å². The highest BCUT2D eigenvalue weighted by Gasteiger charge is 2.29. The molecule has 2 aromatic rings. The molecule has 1 aromatic carbocycles. The molecule has 3 N–H and O–H groups in total. The maximum absolute atomic E-state index is 12.5. The molecule has 8 nitrogen and oxygen atoms in total. The lowest BCUT2D eigenvalue weighted by Gasteiger charge is -2.37. The second-order valence-corrected chi connectivity index (χ2v) is 9.35. The van der Waals surface area contributed by atoms with Crippen LogP contribution in [0.3, 0.4) is 0 Å². The number of rotatable bonds is 9. The van der Waals surface area contributed by atoms with E-state index in [2.05, 4.69) is 68.8 Å². The highest BCUT2D eigenvalue weighted by molar-refractivity contribution is 5.92. The number of hydrogen-bond donors (Lipinski definition) is 3. The van der Waals surface area contributed by atoms with Gasteiger partial charge < -0.3 is 20.6 Å². The van der Waals surface area contributed by atoms with Crippen LogP contribution in [-0.2, 0) is 13.0 Å². The SMILES string of the molecule is CN(C)CC1CC(Nc2cc(C(=O)NC[C@H](O)CN3CCc4ccccc4C3)ncn2)C1. The van der Waals surface area contributed by atoms with Crippen LogP contribution in [0.1, 0.15) is 34.5 Å². The second-order valence-electron chi connectivity index (χ2n) is 9.35. The van der Waals surface area contributed by atoms with Crippen LogP contribution in [0.4, 0.5) is 5.82 Å². The second kappa shape index (κ2) is 10.4. The first-order valence-corrected chi connectivity index (χ1v) is 11.4. The van der Waals surface area contributed by atoms with Crippen molar-refractivity contribution in [1.29, 1.82) is 0 Å². The van der Waals surface area contributed by atoms with E-state index in [1.807, 2.05) is 0 Å². The number of carbonyl (C=O) groups is 1. The molecular formula is C24H34N6O2. The van der Waals surface area contributed by atoms with Gasteiger partial charge in [0.25, 0.3) is 5.91 Å². The minimum Gasteiger partial charge on any atom is -0.390 e. The van der Waals surface area contributed by atoms with Crippen molar-refractivity contribution in [1.82, 2.24) is 25.1 Å². The van der Waals surface area contributed by atoms with Gasteiger partial charge in [-0.3, -0.25) is 9.69 Å². The lowest BCUT2D eigenvalue weighted by molar-refractivity contribution is 0.0838. The molecule has 1 aliphatic carbocycles. The third kappa shape index (κ3) is 6.03. The molecule has 2 aliphatic rings. The lowest BCUT2D eigenvalue weighted by atomic mass is 9.80. The van der Waals surface area contributed by atoms with Crippen LogP contribution in [0.5, 0.6) is 0 Å². The van der Waals surface area contributed by atoms with Gasteiger partial charge in [-0.1, -0.05) is 24.3 Å². The molecule has 0 spiro atoms. The van der Waals surface area contributed by atoms with Crippen LogP contribution in [0.25, 0.3) is 0 Å². The number of amides is 1. The van der Waals surface area contributed by atoms with Crippen LogP contribution in [0.2, 0.25) is 0 Å². The van der Waals surface area contributed by atoms with E-state index < -0.39 is 6.10 Å². The Hall–Kier alpha value is -2.55. The fourth-order valence-electron chi connectivity index (χ4n) is 4.66. The molecule has 32 heavy (non-hydrogen) atoms. The monoisotopic (exact) mass is 438 g/mol. The van der Waals surface area contributed by atoms with Gasteiger partial charge in [-0.05, 0) is 50.4 Å². The van der Waals surface area contributed by atoms with E-state index in [0.29, 0.717) is 30.0 Å². The summed E-state index contributed by atoms with van der Waals surface area (Å²) in [4.78, 5) is 25.3. The molecule has 1 aliphatic heterocycles. The largest absolute Gasteiger partial charge is 0.390 e. The first-order valence-electron chi connectivity index (χ1n) is 11.4. The average Bonchev–Trinajstić information content (AvgIpc) is 2.76. The van der Waals surface area contributed by atoms with Crippen LogP contribution < -0.4 is 10.6 Å². The van der Waals surface area contributed by atoms with E-state index in [9.17, 15) is 9.90 Å². The molecule has 1 fully saturated rings. The van der Waals surface area contributed by atoms with Gasteiger partial charge in [0.1, 0.15) is 17.8 Å². The minimum absolute atomic E-state index is 0.193. The van der Waals surface area contributed by atoms with Gasteiger partial charge in [0, 0.05) is 44.8 Å². The summed E-state index contributed by atoms with van der Waals surface area (Å²) in [5.41, 5.74) is 3.01. The van der Waals surface area contributed by atoms with Crippen molar-refractivity contribution in [3.8, 4) is 0 Å². The predicted octanol–water partition coefficient (Wildman–Crippen LogP) is 1.38. The Kier molecular flexibility index (Phi) is 7.34. The average molecular weight is 439 g/mol. The Labute approximate surface area is 190 Å². The summed E-state index contributed by atoms with van der Waals surface area (Å²) in [5, 5.41) is 16.6. The molecule has 0 radical (unpaired) electrons. The number of fused-ring (bicyclic) bond motifs is 1. The molecule has 0 unspecified atom stereocenters. The van der Waals surface area contributed by atoms with E-state index in [-0.39, 0.29) is 12.5 Å². The highest BCUT2D eigenvalue weighted by atomic mass is 16.3. The van der Waals surface area contributed by atoms with Crippen LogP contribution >= 0.6 is 0 Å². The van der Waals surface area contributed by atoms with E-state index in [4.69, 9.17) is 0 Å². The number of carbonyl (C=O) groups excluding carboxylic acids is 1. The summed E-state index contributed by atoms with van der Waals surface area (Å²) in [5.74, 6) is 1.09. The van der Waals surface area contributed by atoms with E-state index in [1.165, 1.54) is 17.5 Å². The predicted molar refractivity (Wildman–Crippen MR) is 124 cm³/mol. The van der Waals surface area contributed by atoms with Crippen LogP contribution in [0, 0.1) is 5.92 Å². The molecule has 0 bridgehead atoms. The fourth-order valence-corrected chi connectivity index (χ4v) is 4.66. The minimum atomic E-state index is -0.632. The smallest absolute Gasteiger partial charge is 0.270 e. The summed E-state index contributed by atoms with van der Waals surface area (Å²) in [6.45, 7) is 3.57. The summed E-state index contributed by atoms with van der Waals surface area (Å²) in [6.07, 6.45) is 3.98. The van der Waals surface area contributed by atoms with E-state index in [0.717, 1.165) is 38.9 Å². The molecule has 4 rings (SSSR count). The first kappa shape index (κ1) is 22.6. The van der Waals surface area contributed by atoms with Crippen molar-refractivity contribution in [3.63, 3.8) is 0 Å². The van der Waals surface area contributed by atoms with Gasteiger partial charge in [-0.2, -0.15) is 0 Å². The molecule has 1 amide bonds. The number of nitrogens with zero attached hydrogens (tertiary/aromatic N) is 4. The Balaban J connectivity index is 1.21. The molecule has 0 saturated heterocycles. The summed E-state index contributed by atoms with van der Waals surface area (Å²) >= 11 is 0. The number of benzene rings is 1. The third-order valence-electron chi connectivity index (χ3n) is 6.29. The standard InChI is InChI=1S/C24H34N6O2/c1-29(2)13-17-9-20(10-17)28-23-11-22(26-16-27-23)24(32)25-12-21(31)15-30-8-7-18-5-3-4-6-19(18)14-30/h3-6,11,16-17,20-21,31H,7-10,12-15H2,1-2H3,(H,25,32)(H,26,27,28)/t17?,20?,21-/m0/s1. The summed E-state index contributed by atoms with van der Waals surface area (Å²) in [7, 11) is 4.19. The van der Waals surface area contributed by atoms with Gasteiger partial charge >= 0.3 is 0 Å².